The monoisotopic (exact) mass is 262 g/mol. The molecular weight excluding hydrogens is 244 g/mol. The Morgan fingerprint density at radius 1 is 1.32 bits per heavy atom. The predicted molar refractivity (Wildman–Crippen MR) is 70.1 cm³/mol. The quantitative estimate of drug-likeness (QED) is 0.822. The summed E-state index contributed by atoms with van der Waals surface area (Å²) in [5.41, 5.74) is 0.934. The Balaban J connectivity index is 2.26. The fourth-order valence-corrected chi connectivity index (χ4v) is 2.32. The Morgan fingerprint density at radius 2 is 1.95 bits per heavy atom. The number of aliphatic hydroxyl groups excluding tert-OH is 1. The Bertz CT molecular complexity index is 473. The van der Waals surface area contributed by atoms with E-state index in [0.29, 0.717) is 6.54 Å². The highest BCUT2D eigenvalue weighted by Crippen LogP contribution is 2.17. The summed E-state index contributed by atoms with van der Waals surface area (Å²) in [4.78, 5) is 25.6. The zero-order chi connectivity index (χ0) is 14.0. The molecule has 1 aliphatic rings. The molecule has 5 nitrogen and oxygen atoms in total. The average Bonchev–Trinajstić information content (AvgIpc) is 2.36. The lowest BCUT2D eigenvalue weighted by Crippen LogP contribution is -2.65. The predicted octanol–water partition coefficient (Wildman–Crippen LogP) is 0.283. The molecule has 1 aromatic rings. The second-order valence-corrected chi connectivity index (χ2v) is 4.87. The summed E-state index contributed by atoms with van der Waals surface area (Å²) in [5, 5.41) is 12.3. The van der Waals surface area contributed by atoms with Crippen LogP contribution in [0.4, 0.5) is 0 Å². The summed E-state index contributed by atoms with van der Waals surface area (Å²) in [7, 11) is 0. The highest BCUT2D eigenvalue weighted by atomic mass is 16.3. The number of aliphatic hydroxyl groups is 1. The SMILES string of the molecule is C[C@H](O)[C@@H]1C(=O)N[C@H](C)C(=O)N1Cc1ccccc1. The van der Waals surface area contributed by atoms with Gasteiger partial charge < -0.3 is 15.3 Å². The summed E-state index contributed by atoms with van der Waals surface area (Å²) < 4.78 is 0. The van der Waals surface area contributed by atoms with Crippen LogP contribution < -0.4 is 5.32 Å². The van der Waals surface area contributed by atoms with Crippen LogP contribution in [0.15, 0.2) is 30.3 Å². The van der Waals surface area contributed by atoms with Gasteiger partial charge in [0.1, 0.15) is 12.1 Å². The second-order valence-electron chi connectivity index (χ2n) is 4.87. The lowest BCUT2D eigenvalue weighted by Gasteiger charge is -2.39. The van der Waals surface area contributed by atoms with Crippen molar-refractivity contribution in [2.75, 3.05) is 0 Å². The Labute approximate surface area is 112 Å². The van der Waals surface area contributed by atoms with Crippen molar-refractivity contribution in [3.63, 3.8) is 0 Å². The summed E-state index contributed by atoms with van der Waals surface area (Å²) in [6.45, 7) is 3.50. The van der Waals surface area contributed by atoms with E-state index in [1.54, 1.807) is 6.92 Å². The van der Waals surface area contributed by atoms with Gasteiger partial charge in [0, 0.05) is 6.54 Å². The number of benzene rings is 1. The molecule has 0 bridgehead atoms. The fourth-order valence-electron chi connectivity index (χ4n) is 2.32. The zero-order valence-electron chi connectivity index (χ0n) is 11.0. The minimum absolute atomic E-state index is 0.172. The molecule has 3 atom stereocenters. The van der Waals surface area contributed by atoms with Crippen LogP contribution in [0.2, 0.25) is 0 Å². The van der Waals surface area contributed by atoms with Crippen LogP contribution >= 0.6 is 0 Å². The summed E-state index contributed by atoms with van der Waals surface area (Å²) in [5.74, 6) is -0.479. The van der Waals surface area contributed by atoms with E-state index < -0.39 is 18.2 Å². The van der Waals surface area contributed by atoms with Crippen LogP contribution in [0.3, 0.4) is 0 Å². The largest absolute Gasteiger partial charge is 0.391 e. The van der Waals surface area contributed by atoms with Crippen molar-refractivity contribution in [1.29, 1.82) is 0 Å². The van der Waals surface area contributed by atoms with Gasteiger partial charge in [-0.3, -0.25) is 9.59 Å². The zero-order valence-corrected chi connectivity index (χ0v) is 11.0. The van der Waals surface area contributed by atoms with Crippen LogP contribution in [0.1, 0.15) is 19.4 Å². The van der Waals surface area contributed by atoms with E-state index in [1.807, 2.05) is 30.3 Å². The van der Waals surface area contributed by atoms with E-state index in [-0.39, 0.29) is 11.8 Å². The van der Waals surface area contributed by atoms with Gasteiger partial charge in [-0.1, -0.05) is 30.3 Å². The van der Waals surface area contributed by atoms with Gasteiger partial charge in [0.15, 0.2) is 0 Å². The Kier molecular flexibility index (Phi) is 3.85. The Morgan fingerprint density at radius 3 is 2.53 bits per heavy atom. The van der Waals surface area contributed by atoms with Gasteiger partial charge in [-0.2, -0.15) is 0 Å². The third-order valence-corrected chi connectivity index (χ3v) is 3.27. The van der Waals surface area contributed by atoms with E-state index in [1.165, 1.54) is 11.8 Å². The molecule has 1 fully saturated rings. The first-order chi connectivity index (χ1) is 9.00. The molecule has 1 aliphatic heterocycles. The maximum Gasteiger partial charge on any atom is 0.246 e. The third-order valence-electron chi connectivity index (χ3n) is 3.27. The number of rotatable bonds is 3. The van der Waals surface area contributed by atoms with E-state index in [4.69, 9.17) is 0 Å². The van der Waals surface area contributed by atoms with Crippen molar-refractivity contribution in [2.24, 2.45) is 0 Å². The lowest BCUT2D eigenvalue weighted by molar-refractivity contribution is -0.153. The molecule has 1 aromatic carbocycles. The smallest absolute Gasteiger partial charge is 0.246 e. The topological polar surface area (TPSA) is 69.6 Å². The molecule has 0 aliphatic carbocycles. The van der Waals surface area contributed by atoms with Crippen molar-refractivity contribution in [2.45, 2.75) is 38.6 Å². The van der Waals surface area contributed by atoms with Crippen LogP contribution in [0, 0.1) is 0 Å². The van der Waals surface area contributed by atoms with Crippen LogP contribution in [0.25, 0.3) is 0 Å². The first kappa shape index (κ1) is 13.5. The van der Waals surface area contributed by atoms with Gasteiger partial charge in [0.05, 0.1) is 6.10 Å². The molecule has 0 radical (unpaired) electrons. The number of nitrogens with one attached hydrogen (secondary N) is 1. The highest BCUT2D eigenvalue weighted by molar-refractivity contribution is 5.97. The van der Waals surface area contributed by atoms with Crippen molar-refractivity contribution in [1.82, 2.24) is 10.2 Å². The standard InChI is InChI=1S/C14H18N2O3/c1-9-14(19)16(8-11-6-4-3-5-7-11)12(10(2)17)13(18)15-9/h3-7,9-10,12,17H,8H2,1-2H3,(H,15,18)/t9-,10+,12-/m1/s1. The average molecular weight is 262 g/mol. The highest BCUT2D eigenvalue weighted by Gasteiger charge is 2.40. The summed E-state index contributed by atoms with van der Waals surface area (Å²) in [6, 6.07) is 8.06. The van der Waals surface area contributed by atoms with Crippen LogP contribution in [-0.4, -0.2) is 40.0 Å². The third kappa shape index (κ3) is 2.76. The molecule has 102 valence electrons. The Hall–Kier alpha value is -1.88. The number of nitrogens with zero attached hydrogens (tertiary/aromatic N) is 1. The summed E-state index contributed by atoms with van der Waals surface area (Å²) >= 11 is 0. The molecule has 0 saturated carbocycles. The maximum absolute atomic E-state index is 12.2. The van der Waals surface area contributed by atoms with Crippen molar-refractivity contribution >= 4 is 11.8 Å². The van der Waals surface area contributed by atoms with Crippen molar-refractivity contribution in [3.05, 3.63) is 35.9 Å². The molecule has 1 heterocycles. The van der Waals surface area contributed by atoms with Gasteiger partial charge in [-0.25, -0.2) is 0 Å². The second kappa shape index (κ2) is 5.40. The number of hydrogen-bond donors (Lipinski definition) is 2. The van der Waals surface area contributed by atoms with Crippen LogP contribution in [-0.2, 0) is 16.1 Å². The molecule has 19 heavy (non-hydrogen) atoms. The van der Waals surface area contributed by atoms with Gasteiger partial charge in [0.25, 0.3) is 0 Å². The molecule has 0 unspecified atom stereocenters. The van der Waals surface area contributed by atoms with Gasteiger partial charge in [-0.05, 0) is 19.4 Å². The van der Waals surface area contributed by atoms with Gasteiger partial charge in [0.2, 0.25) is 11.8 Å². The first-order valence-corrected chi connectivity index (χ1v) is 6.33. The van der Waals surface area contributed by atoms with Crippen LogP contribution in [0.5, 0.6) is 0 Å². The molecule has 1 saturated heterocycles. The summed E-state index contributed by atoms with van der Waals surface area (Å²) in [6.07, 6.45) is -0.903. The number of carbonyl (C=O) groups is 2. The van der Waals surface area contributed by atoms with E-state index in [9.17, 15) is 14.7 Å². The molecular formula is C14H18N2O3. The first-order valence-electron chi connectivity index (χ1n) is 6.33. The van der Waals surface area contributed by atoms with E-state index in [2.05, 4.69) is 5.32 Å². The molecule has 2 rings (SSSR count). The normalized spacial score (nSPS) is 25.1. The van der Waals surface area contributed by atoms with E-state index in [0.717, 1.165) is 5.56 Å². The van der Waals surface area contributed by atoms with Crippen molar-refractivity contribution < 1.29 is 14.7 Å². The van der Waals surface area contributed by atoms with Gasteiger partial charge in [-0.15, -0.1) is 0 Å². The number of amides is 2. The molecule has 5 heteroatoms. The van der Waals surface area contributed by atoms with E-state index >= 15 is 0 Å². The van der Waals surface area contributed by atoms with Gasteiger partial charge >= 0.3 is 0 Å². The minimum Gasteiger partial charge on any atom is -0.391 e. The number of piperazine rings is 1. The van der Waals surface area contributed by atoms with Crippen molar-refractivity contribution in [3.8, 4) is 0 Å². The molecule has 2 N–H and O–H groups in total. The minimum atomic E-state index is -0.903. The number of hydrogen-bond acceptors (Lipinski definition) is 3. The number of carbonyl (C=O) groups excluding carboxylic acids is 2. The molecule has 0 spiro atoms. The molecule has 2 amide bonds. The fraction of sp³-hybridized carbons (Fsp3) is 0.429. The lowest BCUT2D eigenvalue weighted by atomic mass is 10.0. The molecule has 0 aromatic heterocycles. The maximum atomic E-state index is 12.2.